The van der Waals surface area contributed by atoms with Crippen LogP contribution in [0.5, 0.6) is 5.75 Å². The summed E-state index contributed by atoms with van der Waals surface area (Å²) in [4.78, 5) is 22.2. The Morgan fingerprint density at radius 2 is 2.05 bits per heavy atom. The van der Waals surface area contributed by atoms with Crippen molar-refractivity contribution in [3.63, 3.8) is 0 Å². The molecule has 2 aromatic rings. The molecule has 0 aliphatic rings. The number of ether oxygens (including phenoxy) is 1. The fourth-order valence-corrected chi connectivity index (χ4v) is 1.99. The van der Waals surface area contributed by atoms with Gasteiger partial charge in [-0.3, -0.25) is 19.6 Å². The van der Waals surface area contributed by atoms with E-state index in [1.807, 2.05) is 0 Å². The zero-order chi connectivity index (χ0) is 15.7. The summed E-state index contributed by atoms with van der Waals surface area (Å²) < 4.78 is 31.0. The van der Waals surface area contributed by atoms with E-state index in [2.05, 4.69) is 4.74 Å². The van der Waals surface area contributed by atoms with E-state index in [0.717, 1.165) is 4.68 Å². The fraction of sp³-hybridized carbons (Fsp3) is 0.250. The molecular formula is C12H11F2N3O4. The summed E-state index contributed by atoms with van der Waals surface area (Å²) in [7, 11) is 1.46. The van der Waals surface area contributed by atoms with Crippen molar-refractivity contribution in [3.05, 3.63) is 50.4 Å². The largest absolute Gasteiger partial charge is 0.435 e. The molecule has 0 spiro atoms. The van der Waals surface area contributed by atoms with Gasteiger partial charge in [-0.1, -0.05) is 6.07 Å². The van der Waals surface area contributed by atoms with E-state index in [9.17, 15) is 23.7 Å². The summed E-state index contributed by atoms with van der Waals surface area (Å²) in [5, 5.41) is 10.9. The first-order chi connectivity index (χ1) is 9.82. The average molecular weight is 299 g/mol. The summed E-state index contributed by atoms with van der Waals surface area (Å²) in [6.07, 6.45) is 0. The van der Waals surface area contributed by atoms with Crippen molar-refractivity contribution in [1.29, 1.82) is 0 Å². The standard InChI is InChI=1S/C12H11F2N3O4/c1-7-10(17(19)20)11(18)16(15(7)2)8-4-3-5-9(6-8)21-12(13)14/h3-6,12H,1-2H3. The van der Waals surface area contributed by atoms with Crippen molar-refractivity contribution in [3.8, 4) is 11.4 Å². The molecule has 2 rings (SSSR count). The molecule has 0 bridgehead atoms. The van der Waals surface area contributed by atoms with Gasteiger partial charge in [-0.25, -0.2) is 4.68 Å². The molecule has 0 aliphatic carbocycles. The van der Waals surface area contributed by atoms with Gasteiger partial charge in [0.1, 0.15) is 11.4 Å². The highest BCUT2D eigenvalue weighted by Crippen LogP contribution is 2.20. The second-order valence-electron chi connectivity index (χ2n) is 4.21. The minimum atomic E-state index is -3.00. The summed E-state index contributed by atoms with van der Waals surface area (Å²) in [6, 6.07) is 5.37. The van der Waals surface area contributed by atoms with E-state index in [-0.39, 0.29) is 17.1 Å². The lowest BCUT2D eigenvalue weighted by molar-refractivity contribution is -0.386. The molecule has 1 heterocycles. The normalized spacial score (nSPS) is 10.9. The number of aromatic nitrogens is 2. The molecule has 0 amide bonds. The maximum absolute atomic E-state index is 12.2. The molecule has 0 saturated carbocycles. The highest BCUT2D eigenvalue weighted by Gasteiger charge is 2.25. The third-order valence-corrected chi connectivity index (χ3v) is 2.99. The lowest BCUT2D eigenvalue weighted by Crippen LogP contribution is -2.20. The molecule has 0 N–H and O–H groups in total. The number of hydrogen-bond acceptors (Lipinski definition) is 4. The van der Waals surface area contributed by atoms with Crippen molar-refractivity contribution >= 4 is 5.69 Å². The summed E-state index contributed by atoms with van der Waals surface area (Å²) in [6.45, 7) is -1.57. The Morgan fingerprint density at radius 1 is 1.38 bits per heavy atom. The molecule has 112 valence electrons. The van der Waals surface area contributed by atoms with Crippen LogP contribution in [0.4, 0.5) is 14.5 Å². The molecule has 0 radical (unpaired) electrons. The van der Waals surface area contributed by atoms with E-state index in [1.165, 1.54) is 42.9 Å². The lowest BCUT2D eigenvalue weighted by Gasteiger charge is -2.09. The number of hydrogen-bond donors (Lipinski definition) is 0. The Bertz CT molecular complexity index is 751. The van der Waals surface area contributed by atoms with Gasteiger partial charge in [-0.2, -0.15) is 8.78 Å². The number of benzene rings is 1. The van der Waals surface area contributed by atoms with Gasteiger partial charge in [0.2, 0.25) is 0 Å². The molecule has 0 unspecified atom stereocenters. The minimum absolute atomic E-state index is 0.143. The van der Waals surface area contributed by atoms with Gasteiger partial charge in [-0.05, 0) is 19.1 Å². The van der Waals surface area contributed by atoms with E-state index in [1.54, 1.807) is 0 Å². The van der Waals surface area contributed by atoms with Gasteiger partial charge < -0.3 is 4.74 Å². The van der Waals surface area contributed by atoms with Crippen LogP contribution in [0, 0.1) is 17.0 Å². The first kappa shape index (κ1) is 14.7. The molecule has 1 aromatic heterocycles. The molecule has 0 saturated heterocycles. The third kappa shape index (κ3) is 2.62. The van der Waals surface area contributed by atoms with Gasteiger partial charge in [0.05, 0.1) is 10.6 Å². The van der Waals surface area contributed by atoms with Crippen LogP contribution in [-0.2, 0) is 7.05 Å². The predicted molar refractivity (Wildman–Crippen MR) is 69.0 cm³/mol. The quantitative estimate of drug-likeness (QED) is 0.639. The molecule has 1 aromatic carbocycles. The fourth-order valence-electron chi connectivity index (χ4n) is 1.99. The van der Waals surface area contributed by atoms with Crippen molar-refractivity contribution in [2.24, 2.45) is 7.05 Å². The molecule has 0 fully saturated rings. The van der Waals surface area contributed by atoms with Crippen LogP contribution in [0.15, 0.2) is 29.1 Å². The van der Waals surface area contributed by atoms with Crippen LogP contribution in [0.2, 0.25) is 0 Å². The van der Waals surface area contributed by atoms with Gasteiger partial charge >= 0.3 is 17.9 Å². The molecule has 0 atom stereocenters. The first-order valence-electron chi connectivity index (χ1n) is 5.81. The number of halogens is 2. The van der Waals surface area contributed by atoms with Crippen LogP contribution < -0.4 is 10.3 Å². The monoisotopic (exact) mass is 299 g/mol. The number of nitrogens with zero attached hydrogens (tertiary/aromatic N) is 3. The Labute approximate surface area is 117 Å². The lowest BCUT2D eigenvalue weighted by atomic mass is 10.3. The van der Waals surface area contributed by atoms with E-state index < -0.39 is 22.8 Å². The smallest absolute Gasteiger partial charge is 0.387 e. The zero-order valence-corrected chi connectivity index (χ0v) is 11.1. The van der Waals surface area contributed by atoms with Gasteiger partial charge in [-0.15, -0.1) is 0 Å². The second-order valence-corrected chi connectivity index (χ2v) is 4.21. The Morgan fingerprint density at radius 3 is 2.57 bits per heavy atom. The topological polar surface area (TPSA) is 79.3 Å². The van der Waals surface area contributed by atoms with Crippen molar-refractivity contribution in [1.82, 2.24) is 9.36 Å². The van der Waals surface area contributed by atoms with E-state index in [4.69, 9.17) is 0 Å². The molecule has 0 aliphatic heterocycles. The molecule has 7 nitrogen and oxygen atoms in total. The van der Waals surface area contributed by atoms with Gasteiger partial charge in [0.15, 0.2) is 0 Å². The number of nitro groups is 1. The van der Waals surface area contributed by atoms with Crippen LogP contribution >= 0.6 is 0 Å². The highest BCUT2D eigenvalue weighted by atomic mass is 19.3. The van der Waals surface area contributed by atoms with E-state index >= 15 is 0 Å². The van der Waals surface area contributed by atoms with Crippen molar-refractivity contribution in [2.75, 3.05) is 0 Å². The molecular weight excluding hydrogens is 288 g/mol. The predicted octanol–water partition coefficient (Wildman–Crippen LogP) is 1.99. The van der Waals surface area contributed by atoms with Crippen LogP contribution in [0.25, 0.3) is 5.69 Å². The average Bonchev–Trinajstić information content (AvgIpc) is 2.59. The van der Waals surface area contributed by atoms with Crippen LogP contribution in [0.1, 0.15) is 5.69 Å². The first-order valence-corrected chi connectivity index (χ1v) is 5.81. The van der Waals surface area contributed by atoms with Crippen LogP contribution in [0.3, 0.4) is 0 Å². The maximum atomic E-state index is 12.2. The maximum Gasteiger partial charge on any atom is 0.387 e. The van der Waals surface area contributed by atoms with E-state index in [0.29, 0.717) is 0 Å². The number of rotatable bonds is 4. The molecule has 9 heteroatoms. The summed E-state index contributed by atoms with van der Waals surface area (Å²) in [5.74, 6) is -0.143. The highest BCUT2D eigenvalue weighted by molar-refractivity contribution is 5.43. The SMILES string of the molecule is Cc1c([N+](=O)[O-])c(=O)n(-c2cccc(OC(F)F)c2)n1C. The number of alkyl halides is 2. The second kappa shape index (κ2) is 5.35. The van der Waals surface area contributed by atoms with Crippen LogP contribution in [-0.4, -0.2) is 20.9 Å². The Kier molecular flexibility index (Phi) is 3.74. The van der Waals surface area contributed by atoms with Gasteiger partial charge in [0, 0.05) is 13.1 Å². The third-order valence-electron chi connectivity index (χ3n) is 2.99. The summed E-state index contributed by atoms with van der Waals surface area (Å²) >= 11 is 0. The van der Waals surface area contributed by atoms with Crippen molar-refractivity contribution < 1.29 is 18.4 Å². The molecule has 21 heavy (non-hydrogen) atoms. The Hall–Kier alpha value is -2.71. The Balaban J connectivity index is 2.60. The van der Waals surface area contributed by atoms with Gasteiger partial charge in [0.25, 0.3) is 0 Å². The van der Waals surface area contributed by atoms with Crippen molar-refractivity contribution in [2.45, 2.75) is 13.5 Å². The zero-order valence-electron chi connectivity index (χ0n) is 11.1. The summed E-state index contributed by atoms with van der Waals surface area (Å²) in [5.41, 5.74) is -1.05. The minimum Gasteiger partial charge on any atom is -0.435 e.